The molecule has 0 atom stereocenters. The van der Waals surface area contributed by atoms with Crippen molar-refractivity contribution in [2.75, 3.05) is 0 Å². The van der Waals surface area contributed by atoms with Crippen molar-refractivity contribution in [3.63, 3.8) is 0 Å². The fraction of sp³-hybridized carbons (Fsp3) is 0.400. The Bertz CT molecular complexity index is 96.6. The molecule has 0 bridgehead atoms. The average molecular weight is 140 g/mol. The third-order valence-corrected chi connectivity index (χ3v) is 0.703. The largest absolute Gasteiger partial charge is 0.0991 e. The van der Waals surface area contributed by atoms with Gasteiger partial charge in [-0.15, -0.1) is 0 Å². The number of rotatable bonds is 2. The van der Waals surface area contributed by atoms with E-state index in [0.29, 0.717) is 0 Å². The van der Waals surface area contributed by atoms with Crippen molar-refractivity contribution < 1.29 is 0 Å². The van der Waals surface area contributed by atoms with E-state index in [1.807, 2.05) is 26.8 Å². The molecule has 0 unspecified atom stereocenters. The number of allylic oxidation sites excluding steroid dienone is 4. The lowest BCUT2D eigenvalue weighted by atomic mass is 10.3. The predicted molar refractivity (Wildman–Crippen MR) is 52.2 cm³/mol. The molecule has 0 aromatic heterocycles. The van der Waals surface area contributed by atoms with Crippen molar-refractivity contribution in [1.29, 1.82) is 0 Å². The second kappa shape index (κ2) is 15.7. The maximum Gasteiger partial charge on any atom is -0.0398 e. The Morgan fingerprint density at radius 1 is 1.20 bits per heavy atom. The van der Waals surface area contributed by atoms with Gasteiger partial charge in [-0.2, -0.15) is 0 Å². The van der Waals surface area contributed by atoms with E-state index in [2.05, 4.69) is 13.2 Å². The summed E-state index contributed by atoms with van der Waals surface area (Å²) in [5.74, 6) is 0. The Morgan fingerprint density at radius 3 is 1.70 bits per heavy atom. The van der Waals surface area contributed by atoms with Gasteiger partial charge in [0.1, 0.15) is 0 Å². The molecule has 0 aliphatic carbocycles. The molecule has 0 saturated heterocycles. The van der Waals surface area contributed by atoms with Gasteiger partial charge in [-0.25, -0.2) is 0 Å². The fourth-order valence-corrected chi connectivity index (χ4v) is 0.254. The first kappa shape index (κ1) is 16.1. The molecule has 0 spiro atoms. The first-order chi connectivity index (χ1) is 4.31. The van der Waals surface area contributed by atoms with Crippen LogP contribution < -0.4 is 0 Å². The molecular weight excluding hydrogens is 120 g/mol. The summed E-state index contributed by atoms with van der Waals surface area (Å²) < 4.78 is 0. The molecule has 0 rings (SSSR count). The summed E-state index contributed by atoms with van der Waals surface area (Å²) in [6.45, 7) is 13.1. The van der Waals surface area contributed by atoms with Crippen LogP contribution in [0.2, 0.25) is 0 Å². The molecular formula is C10H20. The summed E-state index contributed by atoms with van der Waals surface area (Å²) in [6, 6.07) is 0. The second-order valence-corrected chi connectivity index (χ2v) is 1.35. The molecule has 0 aromatic rings. The molecule has 0 heteroatoms. The standard InChI is InChI=1S/C7H10.C2H6.CH4/c1-4-6-7(3)5-2;1-2;/h4-6H,1-2H2,3H3;1-2H3;1H4/b7-6-;;. The molecule has 0 radical (unpaired) electrons. The lowest BCUT2D eigenvalue weighted by molar-refractivity contribution is 1.50. The van der Waals surface area contributed by atoms with Crippen LogP contribution in [0.25, 0.3) is 0 Å². The monoisotopic (exact) mass is 140 g/mol. The van der Waals surface area contributed by atoms with Crippen LogP contribution in [0, 0.1) is 0 Å². The Morgan fingerprint density at radius 2 is 1.60 bits per heavy atom. The fourth-order valence-electron chi connectivity index (χ4n) is 0.254. The Balaban J connectivity index is -0.000000149. The average Bonchev–Trinajstić information content (AvgIpc) is 1.93. The summed E-state index contributed by atoms with van der Waals surface area (Å²) in [7, 11) is 0. The molecule has 0 N–H and O–H groups in total. The normalized spacial score (nSPS) is 8.10. The van der Waals surface area contributed by atoms with Crippen LogP contribution in [-0.4, -0.2) is 0 Å². The number of hydrogen-bond donors (Lipinski definition) is 0. The molecule has 0 nitrogen and oxygen atoms in total. The molecule has 0 saturated carbocycles. The summed E-state index contributed by atoms with van der Waals surface area (Å²) in [4.78, 5) is 0. The van der Waals surface area contributed by atoms with Gasteiger partial charge in [0, 0.05) is 0 Å². The van der Waals surface area contributed by atoms with Crippen LogP contribution in [0.5, 0.6) is 0 Å². The molecule has 10 heavy (non-hydrogen) atoms. The van der Waals surface area contributed by atoms with Crippen molar-refractivity contribution in [1.82, 2.24) is 0 Å². The first-order valence-corrected chi connectivity index (χ1v) is 3.23. The van der Waals surface area contributed by atoms with Crippen LogP contribution in [-0.2, 0) is 0 Å². The minimum absolute atomic E-state index is 0. The van der Waals surface area contributed by atoms with Crippen molar-refractivity contribution in [2.45, 2.75) is 28.2 Å². The van der Waals surface area contributed by atoms with Gasteiger partial charge in [0.2, 0.25) is 0 Å². The van der Waals surface area contributed by atoms with E-state index < -0.39 is 0 Å². The summed E-state index contributed by atoms with van der Waals surface area (Å²) >= 11 is 0. The number of hydrogen-bond acceptors (Lipinski definition) is 0. The zero-order valence-electron chi connectivity index (χ0n) is 6.65. The van der Waals surface area contributed by atoms with Crippen LogP contribution in [0.4, 0.5) is 0 Å². The molecule has 0 aliphatic rings. The van der Waals surface area contributed by atoms with Gasteiger partial charge in [-0.1, -0.05) is 58.2 Å². The van der Waals surface area contributed by atoms with Crippen molar-refractivity contribution in [2.24, 2.45) is 0 Å². The van der Waals surface area contributed by atoms with E-state index in [1.165, 1.54) is 0 Å². The van der Waals surface area contributed by atoms with E-state index in [1.54, 1.807) is 12.2 Å². The quantitative estimate of drug-likeness (QED) is 0.509. The van der Waals surface area contributed by atoms with Crippen LogP contribution in [0.1, 0.15) is 28.2 Å². The predicted octanol–water partition coefficient (Wildman–Crippen LogP) is 3.97. The highest BCUT2D eigenvalue weighted by atomic mass is 13.8. The molecule has 0 aromatic carbocycles. The Kier molecular flexibility index (Phi) is 25.3. The highest BCUT2D eigenvalue weighted by molar-refractivity contribution is 5.17. The van der Waals surface area contributed by atoms with Gasteiger partial charge < -0.3 is 0 Å². The topological polar surface area (TPSA) is 0 Å². The lowest BCUT2D eigenvalue weighted by Gasteiger charge is -1.80. The smallest absolute Gasteiger partial charge is 0.0398 e. The maximum absolute atomic E-state index is 3.56. The minimum atomic E-state index is 0. The van der Waals surface area contributed by atoms with Crippen LogP contribution >= 0.6 is 0 Å². The highest BCUT2D eigenvalue weighted by Gasteiger charge is 1.68. The highest BCUT2D eigenvalue weighted by Crippen LogP contribution is 1.90. The van der Waals surface area contributed by atoms with E-state index in [4.69, 9.17) is 0 Å². The van der Waals surface area contributed by atoms with Crippen LogP contribution in [0.15, 0.2) is 37.0 Å². The van der Waals surface area contributed by atoms with E-state index in [-0.39, 0.29) is 7.43 Å². The zero-order valence-corrected chi connectivity index (χ0v) is 6.65. The second-order valence-electron chi connectivity index (χ2n) is 1.35. The van der Waals surface area contributed by atoms with Gasteiger partial charge in [0.05, 0.1) is 0 Å². The molecule has 60 valence electrons. The van der Waals surface area contributed by atoms with E-state index >= 15 is 0 Å². The van der Waals surface area contributed by atoms with Gasteiger partial charge >= 0.3 is 0 Å². The first-order valence-electron chi connectivity index (χ1n) is 3.23. The van der Waals surface area contributed by atoms with E-state index in [0.717, 1.165) is 5.57 Å². The molecule has 0 fully saturated rings. The summed E-state index contributed by atoms with van der Waals surface area (Å²) in [5, 5.41) is 0. The van der Waals surface area contributed by atoms with Gasteiger partial charge in [0.15, 0.2) is 0 Å². The Hall–Kier alpha value is -0.780. The third-order valence-electron chi connectivity index (χ3n) is 0.703. The lowest BCUT2D eigenvalue weighted by Crippen LogP contribution is -1.58. The molecule has 0 heterocycles. The van der Waals surface area contributed by atoms with Gasteiger partial charge in [-0.3, -0.25) is 0 Å². The van der Waals surface area contributed by atoms with E-state index in [9.17, 15) is 0 Å². The van der Waals surface area contributed by atoms with Crippen LogP contribution in [0.3, 0.4) is 0 Å². The molecule has 0 aliphatic heterocycles. The Labute approximate surface area is 66.0 Å². The zero-order chi connectivity index (χ0) is 7.70. The van der Waals surface area contributed by atoms with Gasteiger partial charge in [-0.05, 0) is 6.92 Å². The van der Waals surface area contributed by atoms with Crippen molar-refractivity contribution in [3.8, 4) is 0 Å². The van der Waals surface area contributed by atoms with Gasteiger partial charge in [0.25, 0.3) is 0 Å². The van der Waals surface area contributed by atoms with Crippen molar-refractivity contribution >= 4 is 0 Å². The SMILES string of the molecule is C.C=C/C=C(/C)C=C.CC. The third kappa shape index (κ3) is 15.7. The maximum atomic E-state index is 3.56. The minimum Gasteiger partial charge on any atom is -0.0991 e. The summed E-state index contributed by atoms with van der Waals surface area (Å²) in [6.07, 6.45) is 5.45. The molecule has 0 amide bonds. The summed E-state index contributed by atoms with van der Waals surface area (Å²) in [5.41, 5.74) is 1.15. The van der Waals surface area contributed by atoms with Crippen molar-refractivity contribution in [3.05, 3.63) is 37.0 Å².